The highest BCUT2D eigenvalue weighted by Gasteiger charge is 2.14. The molecule has 1 amide bonds. The number of hydrogen-bond acceptors (Lipinski definition) is 5. The van der Waals surface area contributed by atoms with Crippen LogP contribution in [0.25, 0.3) is 10.9 Å². The first-order chi connectivity index (χ1) is 9.13. The van der Waals surface area contributed by atoms with Gasteiger partial charge in [0.1, 0.15) is 0 Å². The van der Waals surface area contributed by atoms with Gasteiger partial charge in [-0.05, 0) is 25.1 Å². The Morgan fingerprint density at radius 2 is 2.32 bits per heavy atom. The van der Waals surface area contributed by atoms with Crippen molar-refractivity contribution in [3.63, 3.8) is 0 Å². The fourth-order valence-electron chi connectivity index (χ4n) is 1.84. The Morgan fingerprint density at radius 3 is 3.05 bits per heavy atom. The Bertz CT molecular complexity index is 758. The van der Waals surface area contributed by atoms with Gasteiger partial charge < -0.3 is 15.2 Å². The summed E-state index contributed by atoms with van der Waals surface area (Å²) in [4.78, 5) is 19.0. The molecule has 7 heteroatoms. The first-order valence-corrected chi connectivity index (χ1v) is 5.62. The summed E-state index contributed by atoms with van der Waals surface area (Å²) in [7, 11) is 0. The molecule has 0 atom stereocenters. The van der Waals surface area contributed by atoms with E-state index in [4.69, 9.17) is 10.3 Å². The van der Waals surface area contributed by atoms with Crippen LogP contribution >= 0.6 is 0 Å². The minimum atomic E-state index is -0.320. The van der Waals surface area contributed by atoms with E-state index in [1.165, 1.54) is 0 Å². The molecule has 0 unspecified atom stereocenters. The van der Waals surface area contributed by atoms with E-state index >= 15 is 0 Å². The number of nitrogens with two attached hydrogens (primary N) is 1. The zero-order chi connectivity index (χ0) is 13.4. The number of rotatable bonds is 2. The van der Waals surface area contributed by atoms with Crippen LogP contribution in [-0.4, -0.2) is 21.0 Å². The van der Waals surface area contributed by atoms with Crippen molar-refractivity contribution in [1.82, 2.24) is 15.1 Å². The summed E-state index contributed by atoms with van der Waals surface area (Å²) in [5.41, 5.74) is 7.60. The summed E-state index contributed by atoms with van der Waals surface area (Å²) in [6, 6.07) is 5.37. The first-order valence-electron chi connectivity index (χ1n) is 5.62. The average Bonchev–Trinajstić information content (AvgIpc) is 2.95. The third-order valence-electron chi connectivity index (χ3n) is 2.70. The second-order valence-corrected chi connectivity index (χ2v) is 4.11. The van der Waals surface area contributed by atoms with E-state index in [1.807, 2.05) is 0 Å². The molecule has 2 aromatic heterocycles. The zero-order valence-electron chi connectivity index (χ0n) is 10.1. The molecule has 7 nitrogen and oxygen atoms in total. The van der Waals surface area contributed by atoms with Crippen molar-refractivity contribution >= 4 is 28.5 Å². The number of aromatic nitrogens is 3. The van der Waals surface area contributed by atoms with Crippen LogP contribution in [0.5, 0.6) is 0 Å². The van der Waals surface area contributed by atoms with Crippen molar-refractivity contribution < 1.29 is 9.32 Å². The molecule has 0 radical (unpaired) electrons. The molecule has 0 aliphatic carbocycles. The second-order valence-electron chi connectivity index (χ2n) is 4.11. The number of amides is 1. The topological polar surface area (TPSA) is 110 Å². The van der Waals surface area contributed by atoms with Gasteiger partial charge in [-0.15, -0.1) is 0 Å². The van der Waals surface area contributed by atoms with Crippen LogP contribution in [0.3, 0.4) is 0 Å². The quantitative estimate of drug-likeness (QED) is 0.605. The monoisotopic (exact) mass is 257 g/mol. The van der Waals surface area contributed by atoms with Crippen molar-refractivity contribution in [2.75, 3.05) is 11.1 Å². The molecule has 2 heterocycles. The number of aryl methyl sites for hydroxylation is 1. The van der Waals surface area contributed by atoms with Crippen molar-refractivity contribution in [3.05, 3.63) is 35.8 Å². The number of hydrogen-bond donors (Lipinski definition) is 3. The molecule has 0 fully saturated rings. The molecule has 0 saturated heterocycles. The van der Waals surface area contributed by atoms with E-state index < -0.39 is 0 Å². The molecule has 0 aliphatic heterocycles. The molecule has 3 rings (SSSR count). The van der Waals surface area contributed by atoms with Gasteiger partial charge in [0.2, 0.25) is 0 Å². The molecule has 4 N–H and O–H groups in total. The van der Waals surface area contributed by atoms with E-state index in [1.54, 1.807) is 31.3 Å². The molecule has 3 aromatic rings. The van der Waals surface area contributed by atoms with Crippen LogP contribution in [-0.2, 0) is 0 Å². The number of anilines is 2. The van der Waals surface area contributed by atoms with E-state index in [2.05, 4.69) is 20.4 Å². The van der Waals surface area contributed by atoms with Gasteiger partial charge in [0.15, 0.2) is 5.82 Å². The van der Waals surface area contributed by atoms with E-state index in [-0.39, 0.29) is 11.9 Å². The number of aromatic amines is 1. The van der Waals surface area contributed by atoms with Gasteiger partial charge in [-0.3, -0.25) is 10.1 Å². The fourth-order valence-corrected chi connectivity index (χ4v) is 1.84. The number of benzene rings is 1. The third-order valence-corrected chi connectivity index (χ3v) is 2.70. The van der Waals surface area contributed by atoms with Gasteiger partial charge in [0.25, 0.3) is 5.91 Å². The maximum absolute atomic E-state index is 12.1. The SMILES string of the molecule is Cc1noc(NC(=O)c2c[nH]c3cc(N)ccc23)n1. The summed E-state index contributed by atoms with van der Waals surface area (Å²) >= 11 is 0. The number of carbonyl (C=O) groups is 1. The number of nitrogens with zero attached hydrogens (tertiary/aromatic N) is 2. The predicted molar refractivity (Wildman–Crippen MR) is 69.7 cm³/mol. The number of nitrogen functional groups attached to an aromatic ring is 1. The fraction of sp³-hybridized carbons (Fsp3) is 0.0833. The Balaban J connectivity index is 1.93. The largest absolute Gasteiger partial charge is 0.399 e. The summed E-state index contributed by atoms with van der Waals surface area (Å²) < 4.78 is 4.84. The average molecular weight is 257 g/mol. The first kappa shape index (κ1) is 11.3. The summed E-state index contributed by atoms with van der Waals surface area (Å²) in [6.45, 7) is 1.67. The van der Waals surface area contributed by atoms with Crippen molar-refractivity contribution in [1.29, 1.82) is 0 Å². The minimum absolute atomic E-state index is 0.0762. The number of H-pyrrole nitrogens is 1. The Labute approximate surface area is 107 Å². The van der Waals surface area contributed by atoms with Crippen LogP contribution in [0.4, 0.5) is 11.7 Å². The van der Waals surface area contributed by atoms with Gasteiger partial charge in [0.05, 0.1) is 5.56 Å². The van der Waals surface area contributed by atoms with Crippen molar-refractivity contribution in [2.45, 2.75) is 6.92 Å². The van der Waals surface area contributed by atoms with Crippen LogP contribution in [0.1, 0.15) is 16.2 Å². The van der Waals surface area contributed by atoms with E-state index in [0.717, 1.165) is 10.9 Å². The summed E-state index contributed by atoms with van der Waals surface area (Å²) in [5.74, 6) is 0.140. The van der Waals surface area contributed by atoms with E-state index in [9.17, 15) is 4.79 Å². The molecule has 0 bridgehead atoms. The lowest BCUT2D eigenvalue weighted by Gasteiger charge is -1.99. The highest BCUT2D eigenvalue weighted by Crippen LogP contribution is 2.21. The zero-order valence-corrected chi connectivity index (χ0v) is 10.1. The normalized spacial score (nSPS) is 10.8. The highest BCUT2D eigenvalue weighted by atomic mass is 16.5. The highest BCUT2D eigenvalue weighted by molar-refractivity contribution is 6.12. The Morgan fingerprint density at radius 1 is 1.47 bits per heavy atom. The number of fused-ring (bicyclic) bond motifs is 1. The molecule has 1 aromatic carbocycles. The van der Waals surface area contributed by atoms with Gasteiger partial charge in [-0.2, -0.15) is 4.98 Å². The van der Waals surface area contributed by atoms with Gasteiger partial charge in [-0.1, -0.05) is 5.16 Å². The molecule has 96 valence electrons. The van der Waals surface area contributed by atoms with Crippen LogP contribution < -0.4 is 11.1 Å². The maximum atomic E-state index is 12.1. The molecule has 0 spiro atoms. The lowest BCUT2D eigenvalue weighted by Crippen LogP contribution is -2.11. The lowest BCUT2D eigenvalue weighted by molar-refractivity contribution is 0.102. The summed E-state index contributed by atoms with van der Waals surface area (Å²) in [6.07, 6.45) is 1.61. The maximum Gasteiger partial charge on any atom is 0.328 e. The summed E-state index contributed by atoms with van der Waals surface area (Å²) in [5, 5.41) is 6.92. The van der Waals surface area contributed by atoms with Crippen LogP contribution in [0.2, 0.25) is 0 Å². The third kappa shape index (κ3) is 2.01. The molecule has 19 heavy (non-hydrogen) atoms. The number of carbonyl (C=O) groups excluding carboxylic acids is 1. The van der Waals surface area contributed by atoms with Crippen molar-refractivity contribution in [3.8, 4) is 0 Å². The molecular weight excluding hydrogens is 246 g/mol. The van der Waals surface area contributed by atoms with Crippen LogP contribution in [0, 0.1) is 6.92 Å². The molecule has 0 saturated carbocycles. The lowest BCUT2D eigenvalue weighted by atomic mass is 10.1. The number of nitrogens with one attached hydrogen (secondary N) is 2. The Hall–Kier alpha value is -2.83. The smallest absolute Gasteiger partial charge is 0.328 e. The standard InChI is InChI=1S/C12H11N5O2/c1-6-15-12(19-17-6)16-11(18)9-5-14-10-4-7(13)2-3-8(9)10/h2-5,14H,13H2,1H3,(H,15,16,17,18). The minimum Gasteiger partial charge on any atom is -0.399 e. The molecule has 0 aliphatic rings. The van der Waals surface area contributed by atoms with Gasteiger partial charge in [-0.25, -0.2) is 0 Å². The second kappa shape index (κ2) is 4.13. The van der Waals surface area contributed by atoms with Crippen LogP contribution in [0.15, 0.2) is 28.9 Å². The molecular formula is C12H11N5O2. The van der Waals surface area contributed by atoms with Gasteiger partial charge in [0, 0.05) is 22.8 Å². The van der Waals surface area contributed by atoms with Gasteiger partial charge >= 0.3 is 6.01 Å². The predicted octanol–water partition coefficient (Wildman–Crippen LogP) is 1.69. The van der Waals surface area contributed by atoms with E-state index in [0.29, 0.717) is 17.1 Å². The Kier molecular flexibility index (Phi) is 2.45. The van der Waals surface area contributed by atoms with Crippen molar-refractivity contribution in [2.24, 2.45) is 0 Å².